The second-order valence-corrected chi connectivity index (χ2v) is 3.76. The lowest BCUT2D eigenvalue weighted by Crippen LogP contribution is -1.96. The van der Waals surface area contributed by atoms with E-state index in [2.05, 4.69) is 32.0 Å². The fraction of sp³-hybridized carbons (Fsp3) is 0.500. The Kier molecular flexibility index (Phi) is 2.26. The number of hydrogen-bond donors (Lipinski definition) is 0. The SMILES string of the molecule is CCc1ccc(OC2CC2)cc1C. The fourth-order valence-corrected chi connectivity index (χ4v) is 1.52. The molecule has 1 aliphatic carbocycles. The summed E-state index contributed by atoms with van der Waals surface area (Å²) >= 11 is 0. The summed E-state index contributed by atoms with van der Waals surface area (Å²) in [6, 6.07) is 6.41. The van der Waals surface area contributed by atoms with E-state index in [1.165, 1.54) is 24.0 Å². The third-order valence-electron chi connectivity index (χ3n) is 2.52. The Morgan fingerprint density at radius 2 is 2.15 bits per heavy atom. The van der Waals surface area contributed by atoms with E-state index < -0.39 is 0 Å². The number of ether oxygens (including phenoxy) is 1. The Labute approximate surface area is 79.7 Å². The van der Waals surface area contributed by atoms with E-state index in [4.69, 9.17) is 4.74 Å². The Balaban J connectivity index is 2.13. The van der Waals surface area contributed by atoms with E-state index in [0.717, 1.165) is 12.2 Å². The molecular weight excluding hydrogens is 160 g/mol. The summed E-state index contributed by atoms with van der Waals surface area (Å²) in [6.07, 6.45) is 4.07. The van der Waals surface area contributed by atoms with Crippen LogP contribution in [0.3, 0.4) is 0 Å². The van der Waals surface area contributed by atoms with Crippen LogP contribution in [0.2, 0.25) is 0 Å². The van der Waals surface area contributed by atoms with Crippen LogP contribution in [0.15, 0.2) is 18.2 Å². The van der Waals surface area contributed by atoms with Crippen molar-refractivity contribution in [2.24, 2.45) is 0 Å². The molecule has 0 atom stereocenters. The molecule has 0 bridgehead atoms. The second kappa shape index (κ2) is 3.41. The minimum Gasteiger partial charge on any atom is -0.490 e. The Hall–Kier alpha value is -0.980. The molecule has 1 nitrogen and oxygen atoms in total. The highest BCUT2D eigenvalue weighted by Crippen LogP contribution is 2.27. The summed E-state index contributed by atoms with van der Waals surface area (Å²) in [5, 5.41) is 0. The molecule has 1 fully saturated rings. The summed E-state index contributed by atoms with van der Waals surface area (Å²) < 4.78 is 5.71. The Morgan fingerprint density at radius 1 is 1.38 bits per heavy atom. The smallest absolute Gasteiger partial charge is 0.119 e. The van der Waals surface area contributed by atoms with Gasteiger partial charge in [-0.25, -0.2) is 0 Å². The maximum atomic E-state index is 5.71. The molecule has 13 heavy (non-hydrogen) atoms. The lowest BCUT2D eigenvalue weighted by molar-refractivity contribution is 0.303. The molecule has 0 aliphatic heterocycles. The normalized spacial score (nSPS) is 15.8. The highest BCUT2D eigenvalue weighted by atomic mass is 16.5. The van der Waals surface area contributed by atoms with Crippen molar-refractivity contribution >= 4 is 0 Å². The molecule has 70 valence electrons. The van der Waals surface area contributed by atoms with Gasteiger partial charge in [-0.05, 0) is 49.4 Å². The predicted molar refractivity (Wildman–Crippen MR) is 54.2 cm³/mol. The van der Waals surface area contributed by atoms with E-state index in [0.29, 0.717) is 6.10 Å². The first-order chi connectivity index (χ1) is 6.29. The molecule has 1 aromatic rings. The van der Waals surface area contributed by atoms with Gasteiger partial charge in [-0.2, -0.15) is 0 Å². The first-order valence-electron chi connectivity index (χ1n) is 5.06. The third kappa shape index (κ3) is 2.03. The largest absolute Gasteiger partial charge is 0.490 e. The quantitative estimate of drug-likeness (QED) is 0.687. The molecule has 1 aliphatic rings. The zero-order chi connectivity index (χ0) is 9.26. The number of benzene rings is 1. The lowest BCUT2D eigenvalue weighted by Gasteiger charge is -2.07. The average Bonchev–Trinajstić information content (AvgIpc) is 2.89. The number of rotatable bonds is 3. The molecule has 0 aromatic heterocycles. The van der Waals surface area contributed by atoms with Crippen molar-refractivity contribution in [3.8, 4) is 5.75 Å². The molecule has 0 N–H and O–H groups in total. The fourth-order valence-electron chi connectivity index (χ4n) is 1.52. The van der Waals surface area contributed by atoms with E-state index in [1.807, 2.05) is 0 Å². The molecule has 1 aromatic carbocycles. The standard InChI is InChI=1S/C12H16O/c1-3-10-4-5-12(8-9(10)2)13-11-6-7-11/h4-5,8,11H,3,6-7H2,1-2H3. The van der Waals surface area contributed by atoms with Crippen LogP contribution in [-0.2, 0) is 6.42 Å². The molecule has 1 heteroatoms. The van der Waals surface area contributed by atoms with Crippen molar-refractivity contribution in [2.45, 2.75) is 39.2 Å². The number of aryl methyl sites for hydroxylation is 2. The maximum absolute atomic E-state index is 5.71. The molecule has 0 unspecified atom stereocenters. The third-order valence-corrected chi connectivity index (χ3v) is 2.52. The van der Waals surface area contributed by atoms with Gasteiger partial charge in [0.05, 0.1) is 6.10 Å². The highest BCUT2D eigenvalue weighted by molar-refractivity contribution is 5.35. The summed E-state index contributed by atoms with van der Waals surface area (Å²) in [7, 11) is 0. The van der Waals surface area contributed by atoms with Crippen molar-refractivity contribution in [1.82, 2.24) is 0 Å². The molecule has 1 saturated carbocycles. The minimum absolute atomic E-state index is 0.506. The predicted octanol–water partition coefficient (Wildman–Crippen LogP) is 3.10. The molecular formula is C12H16O. The van der Waals surface area contributed by atoms with Gasteiger partial charge in [0.2, 0.25) is 0 Å². The molecule has 0 spiro atoms. The zero-order valence-electron chi connectivity index (χ0n) is 8.34. The van der Waals surface area contributed by atoms with Crippen molar-refractivity contribution in [3.05, 3.63) is 29.3 Å². The topological polar surface area (TPSA) is 9.23 Å². The van der Waals surface area contributed by atoms with Crippen molar-refractivity contribution in [2.75, 3.05) is 0 Å². The molecule has 0 heterocycles. The monoisotopic (exact) mass is 176 g/mol. The van der Waals surface area contributed by atoms with Gasteiger partial charge in [-0.3, -0.25) is 0 Å². The highest BCUT2D eigenvalue weighted by Gasteiger charge is 2.23. The minimum atomic E-state index is 0.506. The first-order valence-corrected chi connectivity index (χ1v) is 5.06. The van der Waals surface area contributed by atoms with E-state index >= 15 is 0 Å². The van der Waals surface area contributed by atoms with Gasteiger partial charge in [0.1, 0.15) is 5.75 Å². The van der Waals surface area contributed by atoms with Gasteiger partial charge in [0.15, 0.2) is 0 Å². The van der Waals surface area contributed by atoms with Crippen molar-refractivity contribution in [3.63, 3.8) is 0 Å². The molecule has 0 radical (unpaired) electrons. The summed E-state index contributed by atoms with van der Waals surface area (Å²) in [5.41, 5.74) is 2.77. The van der Waals surface area contributed by atoms with E-state index in [9.17, 15) is 0 Å². The van der Waals surface area contributed by atoms with Gasteiger partial charge in [0.25, 0.3) is 0 Å². The van der Waals surface area contributed by atoms with Gasteiger partial charge in [0, 0.05) is 0 Å². The van der Waals surface area contributed by atoms with Crippen molar-refractivity contribution in [1.29, 1.82) is 0 Å². The van der Waals surface area contributed by atoms with Crippen LogP contribution in [-0.4, -0.2) is 6.10 Å². The summed E-state index contributed by atoms with van der Waals surface area (Å²) in [5.74, 6) is 1.04. The molecule has 0 amide bonds. The van der Waals surface area contributed by atoms with Gasteiger partial charge in [-0.15, -0.1) is 0 Å². The second-order valence-electron chi connectivity index (χ2n) is 3.76. The Morgan fingerprint density at radius 3 is 2.69 bits per heavy atom. The van der Waals surface area contributed by atoms with Crippen LogP contribution in [0.5, 0.6) is 5.75 Å². The van der Waals surface area contributed by atoms with Gasteiger partial charge in [-0.1, -0.05) is 13.0 Å². The first kappa shape index (κ1) is 8.61. The summed E-state index contributed by atoms with van der Waals surface area (Å²) in [4.78, 5) is 0. The van der Waals surface area contributed by atoms with Crippen LogP contribution in [0.4, 0.5) is 0 Å². The van der Waals surface area contributed by atoms with Crippen LogP contribution >= 0.6 is 0 Å². The van der Waals surface area contributed by atoms with Crippen LogP contribution in [0.25, 0.3) is 0 Å². The summed E-state index contributed by atoms with van der Waals surface area (Å²) in [6.45, 7) is 4.34. The van der Waals surface area contributed by atoms with Gasteiger partial charge >= 0.3 is 0 Å². The molecule has 2 rings (SSSR count). The van der Waals surface area contributed by atoms with Crippen LogP contribution in [0, 0.1) is 6.92 Å². The van der Waals surface area contributed by atoms with Gasteiger partial charge < -0.3 is 4.74 Å². The zero-order valence-corrected chi connectivity index (χ0v) is 8.34. The van der Waals surface area contributed by atoms with Crippen LogP contribution < -0.4 is 4.74 Å². The number of hydrogen-bond acceptors (Lipinski definition) is 1. The lowest BCUT2D eigenvalue weighted by atomic mass is 10.1. The van der Waals surface area contributed by atoms with Crippen molar-refractivity contribution < 1.29 is 4.74 Å². The van der Waals surface area contributed by atoms with Crippen LogP contribution in [0.1, 0.15) is 30.9 Å². The average molecular weight is 176 g/mol. The van der Waals surface area contributed by atoms with E-state index in [-0.39, 0.29) is 0 Å². The maximum Gasteiger partial charge on any atom is 0.119 e. The van der Waals surface area contributed by atoms with E-state index in [1.54, 1.807) is 0 Å². The Bertz CT molecular complexity index is 300. The molecule has 0 saturated heterocycles.